The number of hydrogen-bond acceptors (Lipinski definition) is 4. The zero-order valence-corrected chi connectivity index (χ0v) is 27.3. The average Bonchev–Trinajstić information content (AvgIpc) is 3.57. The Balaban J connectivity index is 1.36. The van der Waals surface area contributed by atoms with E-state index >= 15 is 0 Å². The predicted molar refractivity (Wildman–Crippen MR) is 178 cm³/mol. The summed E-state index contributed by atoms with van der Waals surface area (Å²) in [4.78, 5) is 25.9. The SMILES string of the molecule is C[C@H](c1ncc(-c2ccc(-c3ccc4c5c(ccc4c3)N=C([C@@H](NC(=O)OC(C)(C)C)C(C)(C)C)C5)cc2)[nH]1)C(C)(C)C. The van der Waals surface area contributed by atoms with Crippen molar-refractivity contribution in [1.82, 2.24) is 15.3 Å². The van der Waals surface area contributed by atoms with Crippen LogP contribution in [0.15, 0.2) is 65.8 Å². The minimum Gasteiger partial charge on any atom is -0.444 e. The monoisotopic (exact) mass is 578 g/mol. The first kappa shape index (κ1) is 30.5. The molecule has 1 aliphatic heterocycles. The molecule has 1 aromatic heterocycles. The summed E-state index contributed by atoms with van der Waals surface area (Å²) in [5.74, 6) is 1.36. The number of imidazole rings is 1. The van der Waals surface area contributed by atoms with Gasteiger partial charge >= 0.3 is 6.09 Å². The van der Waals surface area contributed by atoms with Gasteiger partial charge in [-0.2, -0.15) is 0 Å². The number of aromatic nitrogens is 2. The van der Waals surface area contributed by atoms with Crippen LogP contribution in [0.4, 0.5) is 10.5 Å². The third-order valence-corrected chi connectivity index (χ3v) is 8.42. The number of carbonyl (C=O) groups excluding carboxylic acids is 1. The minimum atomic E-state index is -0.561. The minimum absolute atomic E-state index is 0.147. The molecular formula is C37H46N4O2. The van der Waals surface area contributed by atoms with Gasteiger partial charge in [0.15, 0.2) is 0 Å². The van der Waals surface area contributed by atoms with E-state index in [9.17, 15) is 4.79 Å². The van der Waals surface area contributed by atoms with Crippen LogP contribution in [0.25, 0.3) is 33.2 Å². The number of nitrogens with one attached hydrogen (secondary N) is 2. The van der Waals surface area contributed by atoms with Gasteiger partial charge in [-0.05, 0) is 76.8 Å². The molecule has 2 heterocycles. The summed E-state index contributed by atoms with van der Waals surface area (Å²) < 4.78 is 5.57. The molecule has 0 saturated carbocycles. The molecule has 0 spiro atoms. The maximum atomic E-state index is 12.7. The number of aliphatic imine (C=N–C) groups is 1. The molecule has 3 aromatic carbocycles. The van der Waals surface area contributed by atoms with E-state index in [-0.39, 0.29) is 16.9 Å². The highest BCUT2D eigenvalue weighted by molar-refractivity contribution is 6.05. The lowest BCUT2D eigenvalue weighted by atomic mass is 9.82. The number of carbonyl (C=O) groups is 1. The molecule has 0 bridgehead atoms. The summed E-state index contributed by atoms with van der Waals surface area (Å²) in [6.07, 6.45) is 2.21. The number of aromatic amines is 1. The zero-order chi connectivity index (χ0) is 31.3. The zero-order valence-electron chi connectivity index (χ0n) is 27.3. The molecule has 0 saturated heterocycles. The van der Waals surface area contributed by atoms with Crippen LogP contribution in [0.1, 0.15) is 86.5 Å². The van der Waals surface area contributed by atoms with Crippen molar-refractivity contribution in [3.05, 3.63) is 72.2 Å². The summed E-state index contributed by atoms with van der Waals surface area (Å²) in [6, 6.07) is 19.3. The summed E-state index contributed by atoms with van der Waals surface area (Å²) in [7, 11) is 0. The quantitative estimate of drug-likeness (QED) is 0.247. The van der Waals surface area contributed by atoms with Gasteiger partial charge in [-0.1, -0.05) is 90.9 Å². The van der Waals surface area contributed by atoms with Crippen LogP contribution < -0.4 is 5.32 Å². The average molecular weight is 579 g/mol. The Labute approximate surface area is 256 Å². The molecule has 4 aromatic rings. The van der Waals surface area contributed by atoms with Gasteiger partial charge in [-0.3, -0.25) is 4.99 Å². The van der Waals surface area contributed by atoms with E-state index in [1.54, 1.807) is 0 Å². The van der Waals surface area contributed by atoms with Gasteiger partial charge in [0.1, 0.15) is 11.4 Å². The van der Waals surface area contributed by atoms with Gasteiger partial charge in [0.2, 0.25) is 0 Å². The fourth-order valence-electron chi connectivity index (χ4n) is 5.58. The topological polar surface area (TPSA) is 79.4 Å². The van der Waals surface area contributed by atoms with E-state index in [0.717, 1.165) is 28.5 Å². The lowest BCUT2D eigenvalue weighted by Gasteiger charge is -2.32. The van der Waals surface area contributed by atoms with Crippen LogP contribution >= 0.6 is 0 Å². The first-order valence-electron chi connectivity index (χ1n) is 15.3. The van der Waals surface area contributed by atoms with E-state index in [4.69, 9.17) is 9.73 Å². The Bertz CT molecular complexity index is 1680. The molecule has 6 nitrogen and oxygen atoms in total. The summed E-state index contributed by atoms with van der Waals surface area (Å²) in [5.41, 5.74) is 6.99. The van der Waals surface area contributed by atoms with E-state index in [2.05, 4.69) is 118 Å². The van der Waals surface area contributed by atoms with Gasteiger partial charge in [0.05, 0.1) is 23.6 Å². The van der Waals surface area contributed by atoms with Crippen LogP contribution in [0.3, 0.4) is 0 Å². The van der Waals surface area contributed by atoms with Gasteiger partial charge in [0, 0.05) is 18.1 Å². The van der Waals surface area contributed by atoms with Gasteiger partial charge in [0.25, 0.3) is 0 Å². The molecular weight excluding hydrogens is 532 g/mol. The van der Waals surface area contributed by atoms with Crippen LogP contribution in [0.5, 0.6) is 0 Å². The molecule has 0 fully saturated rings. The molecule has 226 valence electrons. The standard InChI is InChI=1S/C37H46N4O2/c1-22(35(2,3)4)33-38-21-31(40-33)24-13-11-23(12-14-24)25-15-17-27-26(19-25)16-18-29-28(27)20-30(39-29)32(36(5,6)7)41-34(42)43-37(8,9)10/h11-19,21-22,32H,20H2,1-10H3,(H,38,40)(H,41,42)/t22-,32-/m1/s1. The smallest absolute Gasteiger partial charge is 0.408 e. The maximum absolute atomic E-state index is 12.7. The Kier molecular flexibility index (Phi) is 7.78. The largest absolute Gasteiger partial charge is 0.444 e. The molecule has 1 amide bonds. The highest BCUT2D eigenvalue weighted by atomic mass is 16.6. The number of nitrogens with zero attached hydrogens (tertiary/aromatic N) is 2. The normalized spacial score (nSPS) is 15.2. The van der Waals surface area contributed by atoms with Crippen molar-refractivity contribution < 1.29 is 9.53 Å². The van der Waals surface area contributed by atoms with Crippen molar-refractivity contribution in [3.8, 4) is 22.4 Å². The molecule has 5 rings (SSSR count). The second-order valence-corrected chi connectivity index (χ2v) is 15.1. The first-order valence-corrected chi connectivity index (χ1v) is 15.3. The number of benzene rings is 3. The summed E-state index contributed by atoms with van der Waals surface area (Å²) >= 11 is 0. The summed E-state index contributed by atoms with van der Waals surface area (Å²) in [6.45, 7) is 20.9. The van der Waals surface area contributed by atoms with Crippen LogP contribution in [0, 0.1) is 10.8 Å². The number of H-pyrrole nitrogens is 1. The first-order chi connectivity index (χ1) is 20.0. The van der Waals surface area contributed by atoms with Gasteiger partial charge in [-0.25, -0.2) is 9.78 Å². The van der Waals surface area contributed by atoms with E-state index in [0.29, 0.717) is 12.3 Å². The van der Waals surface area contributed by atoms with Crippen molar-refractivity contribution in [3.63, 3.8) is 0 Å². The van der Waals surface area contributed by atoms with Crippen molar-refractivity contribution in [2.24, 2.45) is 15.8 Å². The fourth-order valence-corrected chi connectivity index (χ4v) is 5.58. The molecule has 43 heavy (non-hydrogen) atoms. The van der Waals surface area contributed by atoms with E-state index < -0.39 is 11.7 Å². The molecule has 2 N–H and O–H groups in total. The van der Waals surface area contributed by atoms with Crippen LogP contribution in [-0.2, 0) is 11.2 Å². The highest BCUT2D eigenvalue weighted by Crippen LogP contribution is 2.38. The molecule has 1 aliphatic rings. The Morgan fingerprint density at radius 2 is 1.51 bits per heavy atom. The molecule has 0 aliphatic carbocycles. The molecule has 6 heteroatoms. The van der Waals surface area contributed by atoms with Crippen molar-refractivity contribution in [2.75, 3.05) is 0 Å². The van der Waals surface area contributed by atoms with E-state index in [1.165, 1.54) is 27.5 Å². The number of hydrogen-bond donors (Lipinski definition) is 2. The van der Waals surface area contributed by atoms with E-state index in [1.807, 2.05) is 27.0 Å². The number of ether oxygens (including phenoxy) is 1. The molecule has 2 atom stereocenters. The molecule has 0 unspecified atom stereocenters. The Morgan fingerprint density at radius 1 is 0.860 bits per heavy atom. The third-order valence-electron chi connectivity index (χ3n) is 8.42. The number of rotatable bonds is 5. The van der Waals surface area contributed by atoms with Crippen LogP contribution in [-0.4, -0.2) is 33.4 Å². The van der Waals surface area contributed by atoms with Crippen molar-refractivity contribution >= 4 is 28.3 Å². The molecule has 0 radical (unpaired) electrons. The highest BCUT2D eigenvalue weighted by Gasteiger charge is 2.35. The number of amides is 1. The van der Waals surface area contributed by atoms with Gasteiger partial charge < -0.3 is 15.0 Å². The number of alkyl carbamates (subject to hydrolysis) is 1. The third kappa shape index (κ3) is 6.69. The second kappa shape index (κ2) is 11.0. The Morgan fingerprint density at radius 3 is 2.14 bits per heavy atom. The lowest BCUT2D eigenvalue weighted by molar-refractivity contribution is 0.0491. The van der Waals surface area contributed by atoms with Crippen molar-refractivity contribution in [1.29, 1.82) is 0 Å². The number of fused-ring (bicyclic) bond motifs is 3. The van der Waals surface area contributed by atoms with Gasteiger partial charge in [-0.15, -0.1) is 0 Å². The predicted octanol–water partition coefficient (Wildman–Crippen LogP) is 9.61. The van der Waals surface area contributed by atoms with Crippen molar-refractivity contribution in [2.45, 2.75) is 93.2 Å². The summed E-state index contributed by atoms with van der Waals surface area (Å²) in [5, 5.41) is 5.47. The second-order valence-electron chi connectivity index (χ2n) is 15.1. The van der Waals surface area contributed by atoms with Crippen LogP contribution in [0.2, 0.25) is 0 Å². The maximum Gasteiger partial charge on any atom is 0.408 e. The fraction of sp³-hybridized carbons (Fsp3) is 0.432. The Hall–Kier alpha value is -3.93. The lowest BCUT2D eigenvalue weighted by Crippen LogP contribution is -2.50.